The number of hydrogen-bond acceptors (Lipinski definition) is 2. The highest BCUT2D eigenvalue weighted by molar-refractivity contribution is 5.73. The monoisotopic (exact) mass is 115 g/mol. The first kappa shape index (κ1) is 6.97. The molecule has 4 N–H and O–H groups in total. The van der Waals surface area contributed by atoms with E-state index < -0.39 is 0 Å². The van der Waals surface area contributed by atoms with Crippen LogP contribution in [0.2, 0.25) is 0 Å². The van der Waals surface area contributed by atoms with Crippen LogP contribution in [0.15, 0.2) is 12.7 Å². The zero-order valence-electron chi connectivity index (χ0n) is 4.46. The molecule has 0 radical (unpaired) electrons. The summed E-state index contributed by atoms with van der Waals surface area (Å²) in [6.07, 6.45) is 1.45. The lowest BCUT2D eigenvalue weighted by Crippen LogP contribution is -2.33. The molecule has 0 aromatic rings. The van der Waals surface area contributed by atoms with Crippen LogP contribution in [0.3, 0.4) is 0 Å². The molecule has 0 atom stereocenters. The number of nitrogens with one attached hydrogen (secondary N) is 1. The maximum absolute atomic E-state index is 8.54. The number of hydrogen-bond donors (Lipinski definition) is 3. The molecular weight excluding hydrogens is 106 g/mol. The molecule has 0 aromatic carbocycles. The van der Waals surface area contributed by atoms with E-state index in [-0.39, 0.29) is 12.5 Å². The fourth-order valence-corrected chi connectivity index (χ4v) is 0.221. The largest absolute Gasteiger partial charge is 0.368 e. The molecule has 0 saturated heterocycles. The van der Waals surface area contributed by atoms with Crippen LogP contribution in [-0.2, 0) is 0 Å². The van der Waals surface area contributed by atoms with Crippen LogP contribution in [0, 0.1) is 5.41 Å². The Kier molecular flexibility index (Phi) is 2.64. The van der Waals surface area contributed by atoms with Gasteiger partial charge in [0.05, 0.1) is 6.54 Å². The second kappa shape index (κ2) is 3.04. The lowest BCUT2D eigenvalue weighted by Gasteiger charge is -2.09. The summed E-state index contributed by atoms with van der Waals surface area (Å²) in [5.74, 6) is -0.370. The molecule has 0 spiro atoms. The van der Waals surface area contributed by atoms with Crippen LogP contribution in [0.4, 0.5) is 0 Å². The summed E-state index contributed by atoms with van der Waals surface area (Å²) in [6.45, 7) is 3.52. The highest BCUT2D eigenvalue weighted by Gasteiger charge is 1.94. The van der Waals surface area contributed by atoms with E-state index >= 15 is 0 Å². The van der Waals surface area contributed by atoms with Crippen LogP contribution >= 0.6 is 0 Å². The van der Waals surface area contributed by atoms with E-state index in [1.54, 1.807) is 0 Å². The van der Waals surface area contributed by atoms with Crippen LogP contribution in [0.25, 0.3) is 0 Å². The molecule has 46 valence electrons. The van der Waals surface area contributed by atoms with Gasteiger partial charge in [-0.05, 0) is 0 Å². The Labute approximate surface area is 47.7 Å². The van der Waals surface area contributed by atoms with Gasteiger partial charge >= 0.3 is 0 Å². The van der Waals surface area contributed by atoms with Gasteiger partial charge in [0.25, 0.3) is 0 Å². The molecule has 0 saturated carbocycles. The second-order valence-corrected chi connectivity index (χ2v) is 1.26. The molecule has 0 aromatic heterocycles. The summed E-state index contributed by atoms with van der Waals surface area (Å²) in [4.78, 5) is 0. The standard InChI is InChI=1S/C4H9N3O/c1-2-3-7(8)4(5)6/h2,8H,1,3H2,(H3,5,6). The highest BCUT2D eigenvalue weighted by Crippen LogP contribution is 1.76. The van der Waals surface area contributed by atoms with E-state index in [4.69, 9.17) is 16.4 Å². The molecule has 0 fully saturated rings. The van der Waals surface area contributed by atoms with Gasteiger partial charge in [-0.3, -0.25) is 10.6 Å². The van der Waals surface area contributed by atoms with Crippen LogP contribution in [0.1, 0.15) is 0 Å². The first-order chi connectivity index (χ1) is 3.68. The van der Waals surface area contributed by atoms with Gasteiger partial charge in [-0.25, -0.2) is 5.06 Å². The van der Waals surface area contributed by atoms with E-state index in [9.17, 15) is 0 Å². The maximum Gasteiger partial charge on any atom is 0.212 e. The molecule has 4 nitrogen and oxygen atoms in total. The number of nitrogens with two attached hydrogens (primary N) is 1. The molecule has 0 unspecified atom stereocenters. The molecular formula is C4H9N3O. The quantitative estimate of drug-likeness (QED) is 0.201. The van der Waals surface area contributed by atoms with Gasteiger partial charge in [-0.2, -0.15) is 0 Å². The third kappa shape index (κ3) is 2.20. The van der Waals surface area contributed by atoms with Crippen molar-refractivity contribution in [2.75, 3.05) is 6.54 Å². The van der Waals surface area contributed by atoms with Crippen molar-refractivity contribution in [3.8, 4) is 0 Å². The molecule has 8 heavy (non-hydrogen) atoms. The summed E-state index contributed by atoms with van der Waals surface area (Å²) in [6, 6.07) is 0. The van der Waals surface area contributed by atoms with E-state index in [0.717, 1.165) is 0 Å². The van der Waals surface area contributed by atoms with Crippen molar-refractivity contribution < 1.29 is 5.21 Å². The highest BCUT2D eigenvalue weighted by atomic mass is 16.5. The Balaban J connectivity index is 3.46. The Morgan fingerprint density at radius 3 is 2.62 bits per heavy atom. The minimum Gasteiger partial charge on any atom is -0.368 e. The lowest BCUT2D eigenvalue weighted by atomic mass is 10.6. The third-order valence-corrected chi connectivity index (χ3v) is 0.580. The molecule has 0 aliphatic heterocycles. The average molecular weight is 115 g/mol. The minimum absolute atomic E-state index is 0.190. The Morgan fingerprint density at radius 2 is 2.50 bits per heavy atom. The predicted molar refractivity (Wildman–Crippen MR) is 30.6 cm³/mol. The minimum atomic E-state index is -0.370. The molecule has 0 bridgehead atoms. The average Bonchev–Trinajstić information content (AvgIpc) is 1.67. The van der Waals surface area contributed by atoms with Crippen molar-refractivity contribution in [1.82, 2.24) is 5.06 Å². The zero-order chi connectivity index (χ0) is 6.57. The van der Waals surface area contributed by atoms with E-state index in [1.165, 1.54) is 6.08 Å². The normalized spacial score (nSPS) is 8.12. The number of hydroxylamine groups is 2. The number of guanidine groups is 1. The van der Waals surface area contributed by atoms with Gasteiger partial charge < -0.3 is 5.73 Å². The van der Waals surface area contributed by atoms with Crippen molar-refractivity contribution >= 4 is 5.96 Å². The van der Waals surface area contributed by atoms with Crippen LogP contribution in [0.5, 0.6) is 0 Å². The molecule has 0 heterocycles. The number of nitrogens with zero attached hydrogens (tertiary/aromatic N) is 1. The summed E-state index contributed by atoms with van der Waals surface area (Å²) in [5.41, 5.74) is 4.83. The zero-order valence-corrected chi connectivity index (χ0v) is 4.46. The first-order valence-electron chi connectivity index (χ1n) is 2.10. The molecule has 4 heteroatoms. The summed E-state index contributed by atoms with van der Waals surface area (Å²) in [5, 5.41) is 15.7. The van der Waals surface area contributed by atoms with Gasteiger partial charge in [-0.1, -0.05) is 6.08 Å². The van der Waals surface area contributed by atoms with Crippen molar-refractivity contribution in [1.29, 1.82) is 5.41 Å². The summed E-state index contributed by atoms with van der Waals surface area (Å²) in [7, 11) is 0. The fraction of sp³-hybridized carbons (Fsp3) is 0.250. The number of rotatable bonds is 2. The fourth-order valence-electron chi connectivity index (χ4n) is 0.221. The van der Waals surface area contributed by atoms with Crippen LogP contribution in [-0.4, -0.2) is 22.8 Å². The third-order valence-electron chi connectivity index (χ3n) is 0.580. The van der Waals surface area contributed by atoms with Gasteiger partial charge in [0.2, 0.25) is 5.96 Å². The Morgan fingerprint density at radius 1 is 2.00 bits per heavy atom. The molecule has 0 amide bonds. The van der Waals surface area contributed by atoms with Gasteiger partial charge in [0.1, 0.15) is 0 Å². The Hall–Kier alpha value is -1.03. The van der Waals surface area contributed by atoms with Gasteiger partial charge in [0.15, 0.2) is 0 Å². The van der Waals surface area contributed by atoms with E-state index in [1.807, 2.05) is 0 Å². The molecule has 0 aliphatic rings. The van der Waals surface area contributed by atoms with Crippen molar-refractivity contribution in [2.45, 2.75) is 0 Å². The van der Waals surface area contributed by atoms with E-state index in [2.05, 4.69) is 6.58 Å². The SMILES string of the molecule is C=CCN(O)C(=N)N. The predicted octanol–water partition coefficient (Wildman–Crippen LogP) is -0.243. The first-order valence-corrected chi connectivity index (χ1v) is 2.10. The van der Waals surface area contributed by atoms with Crippen molar-refractivity contribution in [3.63, 3.8) is 0 Å². The molecule has 0 aliphatic carbocycles. The van der Waals surface area contributed by atoms with Gasteiger partial charge in [-0.15, -0.1) is 6.58 Å². The molecule has 0 rings (SSSR count). The van der Waals surface area contributed by atoms with Crippen molar-refractivity contribution in [3.05, 3.63) is 12.7 Å². The smallest absolute Gasteiger partial charge is 0.212 e. The summed E-state index contributed by atoms with van der Waals surface area (Å²) >= 11 is 0. The van der Waals surface area contributed by atoms with Crippen molar-refractivity contribution in [2.24, 2.45) is 5.73 Å². The second-order valence-electron chi connectivity index (χ2n) is 1.26. The van der Waals surface area contributed by atoms with E-state index in [0.29, 0.717) is 5.06 Å². The summed E-state index contributed by atoms with van der Waals surface area (Å²) < 4.78 is 0. The van der Waals surface area contributed by atoms with Gasteiger partial charge in [0, 0.05) is 0 Å². The van der Waals surface area contributed by atoms with Crippen LogP contribution < -0.4 is 5.73 Å². The topological polar surface area (TPSA) is 73.3 Å². The Bertz CT molecular complexity index is 101. The maximum atomic E-state index is 8.54. The lowest BCUT2D eigenvalue weighted by molar-refractivity contribution is -0.00520.